The van der Waals surface area contributed by atoms with E-state index >= 15 is 0 Å². The molecule has 0 radical (unpaired) electrons. The van der Waals surface area contributed by atoms with Gasteiger partial charge in [-0.25, -0.2) is 17.9 Å². The Morgan fingerprint density at radius 1 is 1.38 bits per heavy atom. The van der Waals surface area contributed by atoms with Gasteiger partial charge in [0.05, 0.1) is 17.0 Å². The van der Waals surface area contributed by atoms with Crippen molar-refractivity contribution in [3.8, 4) is 0 Å². The number of hydrogen-bond donors (Lipinski definition) is 2. The van der Waals surface area contributed by atoms with E-state index in [2.05, 4.69) is 4.72 Å². The minimum Gasteiger partial charge on any atom is -0.478 e. The van der Waals surface area contributed by atoms with Crippen molar-refractivity contribution in [2.75, 3.05) is 19.6 Å². The van der Waals surface area contributed by atoms with Crippen molar-refractivity contribution < 1.29 is 31.5 Å². The molecular weight excluding hydrogens is 373 g/mol. The first-order chi connectivity index (χ1) is 11.9. The molecule has 2 rings (SSSR count). The van der Waals surface area contributed by atoms with E-state index in [0.29, 0.717) is 5.56 Å². The summed E-state index contributed by atoms with van der Waals surface area (Å²) in [6, 6.07) is 3.21. The Hall–Kier alpha value is -1.65. The van der Waals surface area contributed by atoms with Crippen LogP contribution in [0.1, 0.15) is 42.1 Å². The largest absolute Gasteiger partial charge is 0.478 e. The van der Waals surface area contributed by atoms with Crippen LogP contribution in [0.3, 0.4) is 0 Å². The highest BCUT2D eigenvalue weighted by atomic mass is 32.2. The maximum Gasteiger partial charge on any atom is 0.401 e. The third-order valence-electron chi connectivity index (χ3n) is 4.17. The van der Waals surface area contributed by atoms with Crippen molar-refractivity contribution in [1.29, 1.82) is 0 Å². The summed E-state index contributed by atoms with van der Waals surface area (Å²) in [4.78, 5) is 12.1. The number of alkyl halides is 3. The van der Waals surface area contributed by atoms with Crippen molar-refractivity contribution in [2.24, 2.45) is 0 Å². The number of hydrogen-bond acceptors (Lipinski definition) is 4. The van der Waals surface area contributed by atoms with E-state index < -0.39 is 34.8 Å². The lowest BCUT2D eigenvalue weighted by atomic mass is 10.0. The summed E-state index contributed by atoms with van der Waals surface area (Å²) in [5, 5.41) is 9.10. The third kappa shape index (κ3) is 5.18. The van der Waals surface area contributed by atoms with E-state index in [4.69, 9.17) is 5.11 Å². The van der Waals surface area contributed by atoms with Crippen LogP contribution < -0.4 is 4.72 Å². The highest BCUT2D eigenvalue weighted by molar-refractivity contribution is 7.89. The average molecular weight is 394 g/mol. The Morgan fingerprint density at radius 3 is 2.58 bits per heavy atom. The first kappa shape index (κ1) is 20.7. The van der Waals surface area contributed by atoms with Crippen LogP contribution in [0.4, 0.5) is 13.2 Å². The summed E-state index contributed by atoms with van der Waals surface area (Å²) in [6.45, 7) is 2.55. The average Bonchev–Trinajstić information content (AvgIpc) is 2.90. The van der Waals surface area contributed by atoms with Crippen LogP contribution in [0.2, 0.25) is 0 Å². The third-order valence-corrected chi connectivity index (χ3v) is 5.75. The topological polar surface area (TPSA) is 86.7 Å². The number of carboxylic acids is 1. The monoisotopic (exact) mass is 394 g/mol. The van der Waals surface area contributed by atoms with Gasteiger partial charge in [0.2, 0.25) is 10.0 Å². The van der Waals surface area contributed by atoms with Gasteiger partial charge in [0.25, 0.3) is 0 Å². The molecule has 1 heterocycles. The number of nitrogens with one attached hydrogen (secondary N) is 1. The highest BCUT2D eigenvalue weighted by Gasteiger charge is 2.36. The van der Waals surface area contributed by atoms with Gasteiger partial charge in [0, 0.05) is 19.1 Å². The molecule has 1 fully saturated rings. The maximum absolute atomic E-state index is 12.7. The van der Waals surface area contributed by atoms with Crippen LogP contribution in [0, 0.1) is 0 Å². The molecule has 2 N–H and O–H groups in total. The number of aromatic carboxylic acids is 1. The Labute approximate surface area is 150 Å². The van der Waals surface area contributed by atoms with Crippen LogP contribution >= 0.6 is 0 Å². The molecular formula is C16H21F3N2O4S. The lowest BCUT2D eigenvalue weighted by Crippen LogP contribution is -2.39. The number of rotatable bonds is 6. The second-order valence-electron chi connectivity index (χ2n) is 6.67. The molecule has 1 saturated heterocycles. The molecule has 1 aromatic carbocycles. The molecule has 1 aliphatic rings. The van der Waals surface area contributed by atoms with Gasteiger partial charge in [-0.05, 0) is 30.0 Å². The van der Waals surface area contributed by atoms with Gasteiger partial charge in [-0.1, -0.05) is 19.9 Å². The van der Waals surface area contributed by atoms with E-state index in [9.17, 15) is 26.4 Å². The molecule has 6 nitrogen and oxygen atoms in total. The van der Waals surface area contributed by atoms with E-state index in [-0.39, 0.29) is 35.9 Å². The maximum atomic E-state index is 12.7. The van der Waals surface area contributed by atoms with Gasteiger partial charge < -0.3 is 5.11 Å². The molecule has 0 spiro atoms. The molecule has 0 amide bonds. The fourth-order valence-corrected chi connectivity index (χ4v) is 4.64. The van der Waals surface area contributed by atoms with Crippen LogP contribution in [0.25, 0.3) is 0 Å². The summed E-state index contributed by atoms with van der Waals surface area (Å²) >= 11 is 0. The van der Waals surface area contributed by atoms with E-state index in [1.54, 1.807) is 13.8 Å². The number of sulfonamides is 1. The predicted molar refractivity (Wildman–Crippen MR) is 88.7 cm³/mol. The minimum atomic E-state index is -4.34. The Kier molecular flexibility index (Phi) is 5.99. The molecule has 10 heteroatoms. The van der Waals surface area contributed by atoms with Gasteiger partial charge in [0.1, 0.15) is 0 Å². The quantitative estimate of drug-likeness (QED) is 0.774. The molecule has 1 unspecified atom stereocenters. The van der Waals surface area contributed by atoms with E-state index in [0.717, 1.165) is 11.0 Å². The van der Waals surface area contributed by atoms with Gasteiger partial charge in [0.15, 0.2) is 0 Å². The Balaban J connectivity index is 2.22. The number of halogens is 3. The lowest BCUT2D eigenvalue weighted by Gasteiger charge is -2.19. The summed E-state index contributed by atoms with van der Waals surface area (Å²) in [6.07, 6.45) is -4.08. The number of carboxylic acid groups (broad SMARTS) is 1. The molecule has 0 aromatic heterocycles. The molecule has 1 aromatic rings. The molecule has 1 aliphatic heterocycles. The number of benzene rings is 1. The fraction of sp³-hybridized carbons (Fsp3) is 0.562. The Morgan fingerprint density at radius 2 is 2.04 bits per heavy atom. The zero-order valence-electron chi connectivity index (χ0n) is 14.4. The zero-order valence-corrected chi connectivity index (χ0v) is 15.2. The molecule has 146 valence electrons. The SMILES string of the molecule is CC(C)c1ccc(C(=O)O)cc1S(=O)(=O)NC1CCN(CC(F)(F)F)C1. The van der Waals surface area contributed by atoms with Gasteiger partial charge >= 0.3 is 12.1 Å². The number of nitrogens with zero attached hydrogens (tertiary/aromatic N) is 1. The molecule has 0 aliphatic carbocycles. The normalized spacial score (nSPS) is 19.2. The van der Waals surface area contributed by atoms with E-state index in [1.807, 2.05) is 0 Å². The number of likely N-dealkylation sites (tertiary alicyclic amines) is 1. The van der Waals surface area contributed by atoms with Crippen molar-refractivity contribution in [3.63, 3.8) is 0 Å². The van der Waals surface area contributed by atoms with Crippen molar-refractivity contribution in [3.05, 3.63) is 29.3 Å². The zero-order chi connectivity index (χ0) is 19.7. The van der Waals surface area contributed by atoms with Crippen LogP contribution in [-0.4, -0.2) is 56.2 Å². The fourth-order valence-electron chi connectivity index (χ4n) is 2.99. The molecule has 1 atom stereocenters. The van der Waals surface area contributed by atoms with Gasteiger partial charge in [-0.15, -0.1) is 0 Å². The van der Waals surface area contributed by atoms with Crippen molar-refractivity contribution >= 4 is 16.0 Å². The first-order valence-corrected chi connectivity index (χ1v) is 9.56. The van der Waals surface area contributed by atoms with Crippen LogP contribution in [0.5, 0.6) is 0 Å². The highest BCUT2D eigenvalue weighted by Crippen LogP contribution is 2.26. The van der Waals surface area contributed by atoms with Crippen LogP contribution in [0.15, 0.2) is 23.1 Å². The summed E-state index contributed by atoms with van der Waals surface area (Å²) < 4.78 is 65.3. The molecule has 0 bridgehead atoms. The molecule has 0 saturated carbocycles. The summed E-state index contributed by atoms with van der Waals surface area (Å²) in [7, 11) is -4.06. The number of carbonyl (C=O) groups is 1. The minimum absolute atomic E-state index is 0.0472. The van der Waals surface area contributed by atoms with Crippen molar-refractivity contribution in [2.45, 2.75) is 43.3 Å². The van der Waals surface area contributed by atoms with Gasteiger partial charge in [-0.3, -0.25) is 4.90 Å². The van der Waals surface area contributed by atoms with E-state index in [1.165, 1.54) is 12.1 Å². The lowest BCUT2D eigenvalue weighted by molar-refractivity contribution is -0.143. The molecule has 26 heavy (non-hydrogen) atoms. The predicted octanol–water partition coefficient (Wildman–Crippen LogP) is 2.42. The van der Waals surface area contributed by atoms with Crippen molar-refractivity contribution in [1.82, 2.24) is 9.62 Å². The Bertz CT molecular complexity index is 778. The second kappa shape index (κ2) is 7.53. The standard InChI is InChI=1S/C16H21F3N2O4S/c1-10(2)13-4-3-11(15(22)23)7-14(13)26(24,25)20-12-5-6-21(8-12)9-16(17,18)19/h3-4,7,10,12,20H,5-6,8-9H2,1-2H3,(H,22,23). The summed E-state index contributed by atoms with van der Waals surface area (Å²) in [5.41, 5.74) is 0.285. The summed E-state index contributed by atoms with van der Waals surface area (Å²) in [5.74, 6) is -1.43. The van der Waals surface area contributed by atoms with Crippen LogP contribution in [-0.2, 0) is 10.0 Å². The second-order valence-corrected chi connectivity index (χ2v) is 8.35. The smallest absolute Gasteiger partial charge is 0.401 e. The van der Waals surface area contributed by atoms with Gasteiger partial charge in [-0.2, -0.15) is 13.2 Å². The first-order valence-electron chi connectivity index (χ1n) is 8.08.